The number of carbonyl (C=O) groups excluding carboxylic acids is 1. The summed E-state index contributed by atoms with van der Waals surface area (Å²) in [5.41, 5.74) is 8.45. The van der Waals surface area contributed by atoms with Crippen LogP contribution in [0.1, 0.15) is 16.7 Å². The predicted molar refractivity (Wildman–Crippen MR) is 83.5 cm³/mol. The predicted octanol–water partition coefficient (Wildman–Crippen LogP) is 2.87. The Bertz CT molecular complexity index is 676. The standard InChI is InChI=1S/C17H16N2O2/c1-13-6-5-9-15(12-13)17(18)19-21-16(20)11-10-14-7-3-2-4-8-14/h2-12H,1H3,(H2,18,19)/b11-10+. The molecule has 0 amide bonds. The van der Waals surface area contributed by atoms with E-state index < -0.39 is 5.97 Å². The Hall–Kier alpha value is -2.88. The maximum atomic E-state index is 11.5. The highest BCUT2D eigenvalue weighted by atomic mass is 16.7. The van der Waals surface area contributed by atoms with Crippen LogP contribution in [0.15, 0.2) is 65.8 Å². The fourth-order valence-electron chi connectivity index (χ4n) is 1.71. The third-order valence-electron chi connectivity index (χ3n) is 2.76. The minimum absolute atomic E-state index is 0.167. The molecule has 0 saturated heterocycles. The van der Waals surface area contributed by atoms with Gasteiger partial charge in [-0.1, -0.05) is 59.3 Å². The minimum atomic E-state index is -0.575. The molecule has 2 rings (SSSR count). The van der Waals surface area contributed by atoms with Gasteiger partial charge in [0.25, 0.3) is 0 Å². The number of nitrogens with two attached hydrogens (primary N) is 1. The monoisotopic (exact) mass is 280 g/mol. The Balaban J connectivity index is 1.97. The van der Waals surface area contributed by atoms with E-state index in [1.807, 2.05) is 55.5 Å². The topological polar surface area (TPSA) is 64.7 Å². The van der Waals surface area contributed by atoms with Crippen LogP contribution in [0, 0.1) is 6.92 Å². The van der Waals surface area contributed by atoms with Gasteiger partial charge in [0.05, 0.1) is 0 Å². The lowest BCUT2D eigenvalue weighted by atomic mass is 10.1. The summed E-state index contributed by atoms with van der Waals surface area (Å²) in [5.74, 6) is -0.408. The lowest BCUT2D eigenvalue weighted by molar-refractivity contribution is -0.137. The van der Waals surface area contributed by atoms with E-state index >= 15 is 0 Å². The molecule has 0 unspecified atom stereocenters. The zero-order valence-electron chi connectivity index (χ0n) is 11.7. The van der Waals surface area contributed by atoms with E-state index in [-0.39, 0.29) is 5.84 Å². The van der Waals surface area contributed by atoms with Crippen LogP contribution in [0.4, 0.5) is 0 Å². The smallest absolute Gasteiger partial charge is 0.358 e. The SMILES string of the molecule is Cc1cccc(/C(N)=N/OC(=O)/C=C/c2ccccc2)c1. The zero-order chi connectivity index (χ0) is 15.1. The van der Waals surface area contributed by atoms with E-state index in [4.69, 9.17) is 10.6 Å². The van der Waals surface area contributed by atoms with E-state index in [9.17, 15) is 4.79 Å². The van der Waals surface area contributed by atoms with Gasteiger partial charge in [0, 0.05) is 11.6 Å². The molecular weight excluding hydrogens is 264 g/mol. The summed E-state index contributed by atoms with van der Waals surface area (Å²) >= 11 is 0. The highest BCUT2D eigenvalue weighted by Crippen LogP contribution is 2.04. The van der Waals surface area contributed by atoms with Gasteiger partial charge in [-0.2, -0.15) is 0 Å². The first-order valence-corrected chi connectivity index (χ1v) is 6.50. The second kappa shape index (κ2) is 7.05. The van der Waals surface area contributed by atoms with Crippen molar-refractivity contribution in [2.75, 3.05) is 0 Å². The van der Waals surface area contributed by atoms with Gasteiger partial charge >= 0.3 is 5.97 Å². The van der Waals surface area contributed by atoms with Crippen LogP contribution in [0.5, 0.6) is 0 Å². The Morgan fingerprint density at radius 1 is 1.14 bits per heavy atom. The van der Waals surface area contributed by atoms with Gasteiger partial charge in [-0.05, 0) is 24.6 Å². The molecule has 4 nitrogen and oxygen atoms in total. The Kier molecular flexibility index (Phi) is 4.88. The fourth-order valence-corrected chi connectivity index (χ4v) is 1.71. The molecule has 2 N–H and O–H groups in total. The molecule has 2 aromatic carbocycles. The first-order chi connectivity index (χ1) is 10.1. The summed E-state index contributed by atoms with van der Waals surface area (Å²) in [6.45, 7) is 1.95. The van der Waals surface area contributed by atoms with Crippen LogP contribution in [0.3, 0.4) is 0 Å². The Morgan fingerprint density at radius 2 is 1.90 bits per heavy atom. The van der Waals surface area contributed by atoms with E-state index in [1.165, 1.54) is 6.08 Å². The van der Waals surface area contributed by atoms with Gasteiger partial charge in [0.2, 0.25) is 0 Å². The van der Waals surface area contributed by atoms with Gasteiger partial charge in [-0.15, -0.1) is 0 Å². The second-order valence-corrected chi connectivity index (χ2v) is 4.50. The molecule has 0 fully saturated rings. The van der Waals surface area contributed by atoms with Crippen LogP contribution in [-0.2, 0) is 9.63 Å². The summed E-state index contributed by atoms with van der Waals surface area (Å²) in [6.07, 6.45) is 2.96. The zero-order valence-corrected chi connectivity index (χ0v) is 11.7. The molecule has 0 aliphatic carbocycles. The number of amidine groups is 1. The minimum Gasteiger partial charge on any atom is -0.380 e. The van der Waals surface area contributed by atoms with Crippen LogP contribution in [-0.4, -0.2) is 11.8 Å². The Labute approximate surface area is 123 Å². The van der Waals surface area contributed by atoms with Crippen molar-refractivity contribution in [2.45, 2.75) is 6.92 Å². The molecule has 0 atom stereocenters. The van der Waals surface area contributed by atoms with Gasteiger partial charge in [0.15, 0.2) is 5.84 Å². The molecule has 0 aliphatic rings. The van der Waals surface area contributed by atoms with E-state index in [2.05, 4.69) is 5.16 Å². The number of hydrogen-bond acceptors (Lipinski definition) is 3. The van der Waals surface area contributed by atoms with Crippen LogP contribution < -0.4 is 5.73 Å². The van der Waals surface area contributed by atoms with Crippen LogP contribution in [0.25, 0.3) is 6.08 Å². The number of carbonyl (C=O) groups is 1. The van der Waals surface area contributed by atoms with Gasteiger partial charge < -0.3 is 10.6 Å². The number of nitrogens with zero attached hydrogens (tertiary/aromatic N) is 1. The molecule has 0 saturated carbocycles. The maximum absolute atomic E-state index is 11.5. The van der Waals surface area contributed by atoms with E-state index in [1.54, 1.807) is 12.1 Å². The molecule has 0 aromatic heterocycles. The Morgan fingerprint density at radius 3 is 2.62 bits per heavy atom. The first kappa shape index (κ1) is 14.5. The number of rotatable bonds is 4. The molecular formula is C17H16N2O2. The highest BCUT2D eigenvalue weighted by Gasteiger charge is 2.01. The van der Waals surface area contributed by atoms with Crippen molar-refractivity contribution in [1.29, 1.82) is 0 Å². The molecule has 0 heterocycles. The maximum Gasteiger partial charge on any atom is 0.358 e. The van der Waals surface area contributed by atoms with Crippen molar-refractivity contribution in [3.05, 3.63) is 77.4 Å². The summed E-state index contributed by atoms with van der Waals surface area (Å²) in [5, 5.41) is 3.64. The number of aryl methyl sites for hydroxylation is 1. The number of benzene rings is 2. The molecule has 0 bridgehead atoms. The summed E-state index contributed by atoms with van der Waals surface area (Å²) in [6, 6.07) is 16.9. The van der Waals surface area contributed by atoms with Gasteiger partial charge in [-0.3, -0.25) is 0 Å². The van der Waals surface area contributed by atoms with E-state index in [0.29, 0.717) is 0 Å². The lowest BCUT2D eigenvalue weighted by Gasteiger charge is -2.00. The van der Waals surface area contributed by atoms with Crippen molar-refractivity contribution in [1.82, 2.24) is 0 Å². The summed E-state index contributed by atoms with van der Waals surface area (Å²) < 4.78 is 0. The van der Waals surface area contributed by atoms with E-state index in [0.717, 1.165) is 16.7 Å². The van der Waals surface area contributed by atoms with Crippen molar-refractivity contribution in [3.8, 4) is 0 Å². The quantitative estimate of drug-likeness (QED) is 0.308. The summed E-state index contributed by atoms with van der Waals surface area (Å²) in [4.78, 5) is 16.3. The molecule has 0 spiro atoms. The van der Waals surface area contributed by atoms with Crippen molar-refractivity contribution >= 4 is 17.9 Å². The van der Waals surface area contributed by atoms with Crippen LogP contribution >= 0.6 is 0 Å². The van der Waals surface area contributed by atoms with Crippen molar-refractivity contribution in [2.24, 2.45) is 10.9 Å². The highest BCUT2D eigenvalue weighted by molar-refractivity contribution is 5.98. The molecule has 2 aromatic rings. The third kappa shape index (κ3) is 4.62. The molecule has 21 heavy (non-hydrogen) atoms. The van der Waals surface area contributed by atoms with Gasteiger partial charge in [-0.25, -0.2) is 4.79 Å². The van der Waals surface area contributed by atoms with Crippen molar-refractivity contribution < 1.29 is 9.63 Å². The second-order valence-electron chi connectivity index (χ2n) is 4.50. The third-order valence-corrected chi connectivity index (χ3v) is 2.76. The summed E-state index contributed by atoms with van der Waals surface area (Å²) in [7, 11) is 0. The molecule has 4 heteroatoms. The van der Waals surface area contributed by atoms with Crippen LogP contribution in [0.2, 0.25) is 0 Å². The molecule has 0 radical (unpaired) electrons. The van der Waals surface area contributed by atoms with Gasteiger partial charge in [0.1, 0.15) is 0 Å². The lowest BCUT2D eigenvalue weighted by Crippen LogP contribution is -2.14. The fraction of sp³-hybridized carbons (Fsp3) is 0.0588. The number of hydrogen-bond donors (Lipinski definition) is 1. The number of oxime groups is 1. The normalized spacial score (nSPS) is 11.6. The molecule has 0 aliphatic heterocycles. The average molecular weight is 280 g/mol. The average Bonchev–Trinajstić information content (AvgIpc) is 2.51. The largest absolute Gasteiger partial charge is 0.380 e. The molecule has 106 valence electrons. The van der Waals surface area contributed by atoms with Crippen molar-refractivity contribution in [3.63, 3.8) is 0 Å². The first-order valence-electron chi connectivity index (χ1n) is 6.50.